The average molecular weight is 590 g/mol. The molecule has 0 bridgehead atoms. The molecule has 0 aliphatic heterocycles. The molecule has 7 aromatic carbocycles. The Kier molecular flexibility index (Phi) is 6.10. The molecule has 4 nitrogen and oxygen atoms in total. The van der Waals surface area contributed by atoms with E-state index in [0.29, 0.717) is 0 Å². The van der Waals surface area contributed by atoms with E-state index in [1.54, 1.807) is 0 Å². The second-order valence-corrected chi connectivity index (χ2v) is 11.5. The second-order valence-electron chi connectivity index (χ2n) is 11.5. The Morgan fingerprint density at radius 2 is 0.913 bits per heavy atom. The van der Waals surface area contributed by atoms with E-state index in [2.05, 4.69) is 138 Å². The fraction of sp³-hybridized carbons (Fsp3) is 0. The van der Waals surface area contributed by atoms with Crippen LogP contribution >= 0.6 is 0 Å². The first-order chi connectivity index (χ1) is 22.8. The fourth-order valence-electron chi connectivity index (χ4n) is 6.53. The van der Waals surface area contributed by atoms with Crippen LogP contribution in [0.15, 0.2) is 168 Å². The maximum Gasteiger partial charge on any atom is 0.168 e. The van der Waals surface area contributed by atoms with Crippen LogP contribution in [-0.2, 0) is 0 Å². The molecule has 216 valence electrons. The molecule has 0 unspecified atom stereocenters. The van der Waals surface area contributed by atoms with Crippen molar-refractivity contribution in [2.45, 2.75) is 0 Å². The van der Waals surface area contributed by atoms with E-state index in [1.807, 2.05) is 30.3 Å². The number of para-hydroxylation sites is 3. The predicted molar refractivity (Wildman–Crippen MR) is 188 cm³/mol. The molecule has 0 amide bonds. The number of fused-ring (bicyclic) bond motifs is 4. The van der Waals surface area contributed by atoms with Crippen molar-refractivity contribution in [1.29, 1.82) is 0 Å². The lowest BCUT2D eigenvalue weighted by Gasteiger charge is -2.12. The zero-order valence-electron chi connectivity index (χ0n) is 24.8. The van der Waals surface area contributed by atoms with E-state index in [4.69, 9.17) is 14.6 Å². The van der Waals surface area contributed by atoms with E-state index >= 15 is 0 Å². The summed E-state index contributed by atoms with van der Waals surface area (Å²) in [5.41, 5.74) is 9.32. The molecule has 0 aliphatic carbocycles. The summed E-state index contributed by atoms with van der Waals surface area (Å²) in [7, 11) is 0. The maximum atomic E-state index is 6.31. The summed E-state index contributed by atoms with van der Waals surface area (Å²) in [4.78, 5) is 0. The van der Waals surface area contributed by atoms with E-state index in [-0.39, 0.29) is 0 Å². The number of hydrogen-bond acceptors (Lipinski definition) is 3. The Morgan fingerprint density at radius 3 is 1.65 bits per heavy atom. The summed E-state index contributed by atoms with van der Waals surface area (Å²) in [5, 5.41) is 14.2. The van der Waals surface area contributed by atoms with E-state index < -0.39 is 0 Å². The molecule has 2 aromatic heterocycles. The molecule has 2 heterocycles. The minimum absolute atomic E-state index is 0.785. The summed E-state index contributed by atoms with van der Waals surface area (Å²) < 4.78 is 8.45. The minimum Gasteiger partial charge on any atom is -0.455 e. The lowest BCUT2D eigenvalue weighted by atomic mass is 9.97. The quantitative estimate of drug-likeness (QED) is 0.201. The maximum absolute atomic E-state index is 6.31. The number of nitrogens with zero attached hydrogens (tertiary/aromatic N) is 3. The van der Waals surface area contributed by atoms with Gasteiger partial charge in [0.05, 0.1) is 0 Å². The second kappa shape index (κ2) is 10.7. The van der Waals surface area contributed by atoms with Gasteiger partial charge in [0.25, 0.3) is 0 Å². The third-order valence-corrected chi connectivity index (χ3v) is 8.78. The summed E-state index contributed by atoms with van der Waals surface area (Å²) in [5.74, 6) is 1.58. The number of rotatable bonds is 5. The molecule has 0 aliphatic rings. The highest BCUT2D eigenvalue weighted by atomic mass is 16.3. The van der Waals surface area contributed by atoms with Gasteiger partial charge in [-0.1, -0.05) is 146 Å². The van der Waals surface area contributed by atoms with Crippen molar-refractivity contribution in [3.63, 3.8) is 0 Å². The monoisotopic (exact) mass is 589 g/mol. The Labute approximate surface area is 265 Å². The van der Waals surface area contributed by atoms with Crippen molar-refractivity contribution in [3.05, 3.63) is 164 Å². The van der Waals surface area contributed by atoms with Gasteiger partial charge in [-0.2, -0.15) is 0 Å². The molecule has 46 heavy (non-hydrogen) atoms. The van der Waals surface area contributed by atoms with Crippen molar-refractivity contribution < 1.29 is 4.42 Å². The Hall–Kier alpha value is -6.26. The zero-order chi connectivity index (χ0) is 30.5. The lowest BCUT2D eigenvalue weighted by Crippen LogP contribution is -2.00. The molecule has 0 saturated carbocycles. The van der Waals surface area contributed by atoms with Crippen LogP contribution in [0.3, 0.4) is 0 Å². The highest BCUT2D eigenvalue weighted by Crippen LogP contribution is 2.37. The van der Waals surface area contributed by atoms with Crippen LogP contribution < -0.4 is 0 Å². The number of furan rings is 1. The van der Waals surface area contributed by atoms with Gasteiger partial charge in [-0.15, -0.1) is 10.2 Å². The first-order valence-corrected chi connectivity index (χ1v) is 15.4. The van der Waals surface area contributed by atoms with Gasteiger partial charge in [-0.3, -0.25) is 4.57 Å². The van der Waals surface area contributed by atoms with Crippen LogP contribution in [-0.4, -0.2) is 14.8 Å². The van der Waals surface area contributed by atoms with Crippen molar-refractivity contribution in [3.8, 4) is 50.7 Å². The Morgan fingerprint density at radius 1 is 0.391 bits per heavy atom. The van der Waals surface area contributed by atoms with Gasteiger partial charge in [-0.05, 0) is 45.7 Å². The Balaban J connectivity index is 1.12. The van der Waals surface area contributed by atoms with Crippen LogP contribution in [0.2, 0.25) is 0 Å². The summed E-state index contributed by atoms with van der Waals surface area (Å²) >= 11 is 0. The predicted octanol–water partition coefficient (Wildman–Crippen LogP) is 11.0. The van der Waals surface area contributed by atoms with Crippen LogP contribution in [0.1, 0.15) is 0 Å². The summed E-state index contributed by atoms with van der Waals surface area (Å²) in [6.45, 7) is 0. The molecule has 0 spiro atoms. The van der Waals surface area contributed by atoms with Crippen LogP contribution in [0, 0.1) is 0 Å². The first kappa shape index (κ1) is 26.2. The molecule has 0 N–H and O–H groups in total. The number of benzene rings is 7. The number of aromatic nitrogens is 3. The lowest BCUT2D eigenvalue weighted by molar-refractivity contribution is 0.670. The smallest absolute Gasteiger partial charge is 0.168 e. The third kappa shape index (κ3) is 4.31. The molecular formula is C42H27N3O. The van der Waals surface area contributed by atoms with Gasteiger partial charge < -0.3 is 4.42 Å². The van der Waals surface area contributed by atoms with Gasteiger partial charge in [0.2, 0.25) is 0 Å². The fourth-order valence-corrected chi connectivity index (χ4v) is 6.53. The number of hydrogen-bond donors (Lipinski definition) is 0. The normalized spacial score (nSPS) is 11.5. The summed E-state index contributed by atoms with van der Waals surface area (Å²) in [6.07, 6.45) is 0. The summed E-state index contributed by atoms with van der Waals surface area (Å²) in [6, 6.07) is 56.9. The van der Waals surface area contributed by atoms with Gasteiger partial charge in [-0.25, -0.2) is 0 Å². The molecule has 4 heteroatoms. The molecular weight excluding hydrogens is 562 g/mol. The Bertz CT molecular complexity index is 2500. The largest absolute Gasteiger partial charge is 0.455 e. The van der Waals surface area contributed by atoms with E-state index in [0.717, 1.165) is 61.5 Å². The highest BCUT2D eigenvalue weighted by Gasteiger charge is 2.18. The molecule has 0 saturated heterocycles. The average Bonchev–Trinajstić information content (AvgIpc) is 3.75. The van der Waals surface area contributed by atoms with Crippen LogP contribution in [0.5, 0.6) is 0 Å². The third-order valence-electron chi connectivity index (χ3n) is 8.78. The van der Waals surface area contributed by atoms with Crippen LogP contribution in [0.25, 0.3) is 83.4 Å². The highest BCUT2D eigenvalue weighted by molar-refractivity contribution is 6.09. The molecule has 9 aromatic rings. The van der Waals surface area contributed by atoms with Crippen molar-refractivity contribution in [2.24, 2.45) is 0 Å². The van der Waals surface area contributed by atoms with Crippen molar-refractivity contribution in [2.75, 3.05) is 0 Å². The topological polar surface area (TPSA) is 43.9 Å². The van der Waals surface area contributed by atoms with Crippen molar-refractivity contribution >= 4 is 32.7 Å². The van der Waals surface area contributed by atoms with E-state index in [1.165, 1.54) is 21.9 Å². The molecule has 9 rings (SSSR count). The SMILES string of the molecule is c1ccc(-n2c(-c3ccc(-c4cccc5ccccc45)cc3)nnc2-c2ccc(-c3cccc4c3oc3ccccc34)cc2)cc1. The first-order valence-electron chi connectivity index (χ1n) is 15.4. The zero-order valence-corrected chi connectivity index (χ0v) is 24.8. The minimum atomic E-state index is 0.785. The van der Waals surface area contributed by atoms with E-state index in [9.17, 15) is 0 Å². The van der Waals surface area contributed by atoms with Gasteiger partial charge in [0.1, 0.15) is 11.2 Å². The van der Waals surface area contributed by atoms with Gasteiger partial charge >= 0.3 is 0 Å². The molecule has 0 radical (unpaired) electrons. The van der Waals surface area contributed by atoms with Gasteiger partial charge in [0.15, 0.2) is 11.6 Å². The van der Waals surface area contributed by atoms with Crippen LogP contribution in [0.4, 0.5) is 0 Å². The van der Waals surface area contributed by atoms with Crippen molar-refractivity contribution in [1.82, 2.24) is 14.8 Å². The molecule has 0 fully saturated rings. The standard InChI is InChI=1S/C42H27N3O/c1-2-12-33(13-3-1)45-41(31-24-20-29(21-25-31)35-16-8-11-28-10-4-5-14-34(28)35)43-44-42(45)32-26-22-30(23-27-32)36-17-9-18-38-37-15-6-7-19-39(37)46-40(36)38/h1-27H. The molecule has 0 atom stereocenters. The van der Waals surface area contributed by atoms with Gasteiger partial charge in [0, 0.05) is 33.2 Å².